The van der Waals surface area contributed by atoms with Gasteiger partial charge in [0.05, 0.1) is 13.5 Å². The van der Waals surface area contributed by atoms with Crippen molar-refractivity contribution in [3.05, 3.63) is 24.0 Å². The number of hydrogen-bond acceptors (Lipinski definition) is 4. The summed E-state index contributed by atoms with van der Waals surface area (Å²) in [6, 6.07) is 3.36. The van der Waals surface area contributed by atoms with Gasteiger partial charge in [-0.05, 0) is 12.1 Å². The molecule has 6 nitrogen and oxygen atoms in total. The van der Waals surface area contributed by atoms with Crippen molar-refractivity contribution in [2.75, 3.05) is 20.7 Å². The van der Waals surface area contributed by atoms with Crippen LogP contribution in [0, 0.1) is 5.82 Å². The van der Waals surface area contributed by atoms with Crippen molar-refractivity contribution in [1.82, 2.24) is 4.31 Å². The van der Waals surface area contributed by atoms with Gasteiger partial charge in [-0.25, -0.2) is 17.1 Å². The molecule has 0 amide bonds. The minimum absolute atomic E-state index is 0.199. The summed E-state index contributed by atoms with van der Waals surface area (Å²) in [5, 5.41) is 8.51. The van der Waals surface area contributed by atoms with Crippen LogP contribution in [0.2, 0.25) is 0 Å². The lowest BCUT2D eigenvalue weighted by molar-refractivity contribution is -0.137. The van der Waals surface area contributed by atoms with E-state index in [1.807, 2.05) is 0 Å². The maximum atomic E-state index is 13.7. The topological polar surface area (TPSA) is 83.9 Å². The number of sulfonamides is 1. The fourth-order valence-electron chi connectivity index (χ4n) is 1.36. The van der Waals surface area contributed by atoms with Gasteiger partial charge >= 0.3 is 5.97 Å². The zero-order chi connectivity index (χ0) is 14.6. The highest BCUT2D eigenvalue weighted by Crippen LogP contribution is 2.22. The molecular weight excluding hydrogens is 277 g/mol. The SMILES string of the molecule is COc1ccc(S(=O)(=O)N(C)CCC(=O)O)c(F)c1. The minimum Gasteiger partial charge on any atom is -0.497 e. The van der Waals surface area contributed by atoms with E-state index in [2.05, 4.69) is 0 Å². The van der Waals surface area contributed by atoms with E-state index in [0.29, 0.717) is 0 Å². The molecule has 8 heteroatoms. The third-order valence-corrected chi connectivity index (χ3v) is 4.36. The molecule has 0 aliphatic carbocycles. The minimum atomic E-state index is -4.05. The number of methoxy groups -OCH3 is 1. The van der Waals surface area contributed by atoms with E-state index in [1.54, 1.807) is 0 Å². The molecule has 0 unspecified atom stereocenters. The Hall–Kier alpha value is -1.67. The number of rotatable bonds is 6. The van der Waals surface area contributed by atoms with Crippen LogP contribution in [0.5, 0.6) is 5.75 Å². The first-order valence-corrected chi connectivity index (χ1v) is 6.74. The molecule has 0 saturated carbocycles. The molecule has 1 N–H and O–H groups in total. The molecule has 0 bridgehead atoms. The Morgan fingerprint density at radius 2 is 2.11 bits per heavy atom. The quantitative estimate of drug-likeness (QED) is 0.843. The number of benzene rings is 1. The Bertz CT molecular complexity index is 572. The fourth-order valence-corrected chi connectivity index (χ4v) is 2.57. The highest BCUT2D eigenvalue weighted by molar-refractivity contribution is 7.89. The number of carboxylic acids is 1. The zero-order valence-corrected chi connectivity index (χ0v) is 11.3. The second-order valence-electron chi connectivity index (χ2n) is 3.77. The van der Waals surface area contributed by atoms with Gasteiger partial charge in [0, 0.05) is 19.7 Å². The summed E-state index contributed by atoms with van der Waals surface area (Å²) >= 11 is 0. The number of nitrogens with zero attached hydrogens (tertiary/aromatic N) is 1. The lowest BCUT2D eigenvalue weighted by atomic mass is 10.3. The molecule has 0 aliphatic rings. The average molecular weight is 291 g/mol. The summed E-state index contributed by atoms with van der Waals surface area (Å²) in [4.78, 5) is 9.89. The van der Waals surface area contributed by atoms with Crippen molar-refractivity contribution in [2.24, 2.45) is 0 Å². The highest BCUT2D eigenvalue weighted by atomic mass is 32.2. The lowest BCUT2D eigenvalue weighted by Gasteiger charge is -2.16. The lowest BCUT2D eigenvalue weighted by Crippen LogP contribution is -2.29. The van der Waals surface area contributed by atoms with Crippen molar-refractivity contribution >= 4 is 16.0 Å². The fraction of sp³-hybridized carbons (Fsp3) is 0.364. The van der Waals surface area contributed by atoms with Gasteiger partial charge in [-0.3, -0.25) is 4.79 Å². The number of carbonyl (C=O) groups is 1. The first-order chi connectivity index (χ1) is 8.78. The van der Waals surface area contributed by atoms with Gasteiger partial charge in [0.1, 0.15) is 16.5 Å². The van der Waals surface area contributed by atoms with E-state index in [1.165, 1.54) is 20.2 Å². The molecule has 0 aliphatic heterocycles. The van der Waals surface area contributed by atoms with Crippen LogP contribution >= 0.6 is 0 Å². The second kappa shape index (κ2) is 5.98. The van der Waals surface area contributed by atoms with Gasteiger partial charge in [0.15, 0.2) is 0 Å². The molecule has 0 heterocycles. The number of halogens is 1. The molecule has 0 spiro atoms. The Morgan fingerprint density at radius 3 is 2.58 bits per heavy atom. The zero-order valence-electron chi connectivity index (χ0n) is 10.5. The van der Waals surface area contributed by atoms with E-state index in [0.717, 1.165) is 16.4 Å². The number of hydrogen-bond donors (Lipinski definition) is 1. The van der Waals surface area contributed by atoms with Crippen LogP contribution in [0.3, 0.4) is 0 Å². The van der Waals surface area contributed by atoms with E-state index < -0.39 is 26.7 Å². The van der Waals surface area contributed by atoms with Crippen LogP contribution < -0.4 is 4.74 Å². The van der Waals surface area contributed by atoms with Gasteiger partial charge < -0.3 is 9.84 Å². The van der Waals surface area contributed by atoms with Crippen molar-refractivity contribution in [2.45, 2.75) is 11.3 Å². The molecule has 0 saturated heterocycles. The van der Waals surface area contributed by atoms with Crippen molar-refractivity contribution < 1.29 is 27.4 Å². The summed E-state index contributed by atoms with van der Waals surface area (Å²) in [6.07, 6.45) is -0.354. The monoisotopic (exact) mass is 291 g/mol. The number of ether oxygens (including phenoxy) is 1. The molecule has 0 aromatic heterocycles. The number of carboxylic acid groups (broad SMARTS) is 1. The van der Waals surface area contributed by atoms with Crippen LogP contribution in [-0.2, 0) is 14.8 Å². The molecule has 0 radical (unpaired) electrons. The largest absolute Gasteiger partial charge is 0.497 e. The molecular formula is C11H14FNO5S. The second-order valence-corrected chi connectivity index (χ2v) is 5.78. The van der Waals surface area contributed by atoms with Crippen LogP contribution in [0.4, 0.5) is 4.39 Å². The van der Waals surface area contributed by atoms with E-state index >= 15 is 0 Å². The standard InChI is InChI=1S/C11H14FNO5S/c1-13(6-5-11(14)15)19(16,17)10-4-3-8(18-2)7-9(10)12/h3-4,7H,5-6H2,1-2H3,(H,14,15). The molecule has 1 aromatic carbocycles. The molecule has 0 fully saturated rings. The van der Waals surface area contributed by atoms with Gasteiger partial charge in [-0.1, -0.05) is 0 Å². The molecule has 0 atom stereocenters. The van der Waals surface area contributed by atoms with E-state index in [9.17, 15) is 17.6 Å². The van der Waals surface area contributed by atoms with E-state index in [-0.39, 0.29) is 18.7 Å². The summed E-state index contributed by atoms with van der Waals surface area (Å²) in [5.74, 6) is -1.87. The molecule has 106 valence electrons. The third kappa shape index (κ3) is 3.65. The predicted molar refractivity (Wildman–Crippen MR) is 65.0 cm³/mol. The Balaban J connectivity index is 3.03. The third-order valence-electron chi connectivity index (χ3n) is 2.47. The normalized spacial score (nSPS) is 11.6. The van der Waals surface area contributed by atoms with Gasteiger partial charge in [-0.15, -0.1) is 0 Å². The summed E-state index contributed by atoms with van der Waals surface area (Å²) in [6.45, 7) is -0.233. The predicted octanol–water partition coefficient (Wildman–Crippen LogP) is 0.929. The smallest absolute Gasteiger partial charge is 0.304 e. The molecule has 1 rings (SSSR count). The van der Waals surface area contributed by atoms with Crippen LogP contribution in [0.25, 0.3) is 0 Å². The van der Waals surface area contributed by atoms with Gasteiger partial charge in [0.2, 0.25) is 10.0 Å². The van der Waals surface area contributed by atoms with Crippen molar-refractivity contribution in [3.8, 4) is 5.75 Å². The molecule has 1 aromatic rings. The van der Waals surface area contributed by atoms with Gasteiger partial charge in [0.25, 0.3) is 0 Å². The van der Waals surface area contributed by atoms with Gasteiger partial charge in [-0.2, -0.15) is 0 Å². The van der Waals surface area contributed by atoms with Crippen molar-refractivity contribution in [1.29, 1.82) is 0 Å². The molecule has 19 heavy (non-hydrogen) atoms. The maximum Gasteiger partial charge on any atom is 0.304 e. The van der Waals surface area contributed by atoms with Crippen LogP contribution in [0.1, 0.15) is 6.42 Å². The summed E-state index contributed by atoms with van der Waals surface area (Å²) in [7, 11) is -1.52. The average Bonchev–Trinajstić information content (AvgIpc) is 2.35. The Morgan fingerprint density at radius 1 is 1.47 bits per heavy atom. The first kappa shape index (κ1) is 15.4. The Labute approximate surface area is 110 Å². The van der Waals surface area contributed by atoms with Crippen LogP contribution in [-0.4, -0.2) is 44.5 Å². The van der Waals surface area contributed by atoms with Crippen molar-refractivity contribution in [3.63, 3.8) is 0 Å². The van der Waals surface area contributed by atoms with Crippen LogP contribution in [0.15, 0.2) is 23.1 Å². The maximum absolute atomic E-state index is 13.7. The summed E-state index contributed by atoms with van der Waals surface area (Å²) < 4.78 is 43.3. The Kier molecular flexibility index (Phi) is 4.84. The highest BCUT2D eigenvalue weighted by Gasteiger charge is 2.25. The first-order valence-electron chi connectivity index (χ1n) is 5.30. The van der Waals surface area contributed by atoms with E-state index in [4.69, 9.17) is 9.84 Å². The number of aliphatic carboxylic acids is 1. The summed E-state index contributed by atoms with van der Waals surface area (Å²) in [5.41, 5.74) is 0.